The van der Waals surface area contributed by atoms with Gasteiger partial charge in [-0.25, -0.2) is 4.79 Å². The maximum absolute atomic E-state index is 12.8. The van der Waals surface area contributed by atoms with Gasteiger partial charge in [0.1, 0.15) is 5.60 Å². The third kappa shape index (κ3) is 7.32. The maximum Gasteiger partial charge on any atom is 0.408 e. The number of hydrogen-bond acceptors (Lipinski definition) is 5. The number of ether oxygens (including phenoxy) is 2. The molecule has 0 radical (unpaired) electrons. The van der Waals surface area contributed by atoms with Crippen molar-refractivity contribution in [2.24, 2.45) is 11.8 Å². The van der Waals surface area contributed by atoms with Gasteiger partial charge in [0.05, 0.1) is 19.3 Å². The average molecular weight is 370 g/mol. The number of ketones is 1. The van der Waals surface area contributed by atoms with E-state index in [4.69, 9.17) is 9.47 Å². The second kappa shape index (κ2) is 9.90. The first-order valence-electron chi connectivity index (χ1n) is 9.44. The first-order valence-corrected chi connectivity index (χ1v) is 9.44. The zero-order valence-electron chi connectivity index (χ0n) is 17.0. The fourth-order valence-electron chi connectivity index (χ4n) is 2.82. The first kappa shape index (κ1) is 22.4. The van der Waals surface area contributed by atoms with Gasteiger partial charge in [-0.2, -0.15) is 0 Å². The second-order valence-corrected chi connectivity index (χ2v) is 8.02. The van der Waals surface area contributed by atoms with Crippen LogP contribution in [-0.2, 0) is 19.1 Å². The molecule has 0 aromatic rings. The SMILES string of the molecule is CC[C@H](C)[C@H](NC(=O)OC(C)(C)C)C(=O)C[C@@H](C)C(=O)N1CCOCC1. The number of carbonyl (C=O) groups is 3. The first-order chi connectivity index (χ1) is 12.0. The molecule has 26 heavy (non-hydrogen) atoms. The molecule has 0 aromatic heterocycles. The summed E-state index contributed by atoms with van der Waals surface area (Å²) in [5.41, 5.74) is -0.632. The standard InChI is InChI=1S/C19H34N2O5/c1-7-13(2)16(20-18(24)26-19(4,5)6)15(22)12-14(3)17(23)21-8-10-25-11-9-21/h13-14,16H,7-12H2,1-6H3,(H,20,24)/t13-,14+,16-/m0/s1. The van der Waals surface area contributed by atoms with Gasteiger partial charge < -0.3 is 19.7 Å². The van der Waals surface area contributed by atoms with E-state index in [9.17, 15) is 14.4 Å². The molecule has 2 amide bonds. The summed E-state index contributed by atoms with van der Waals surface area (Å²) in [6.45, 7) is 13.1. The van der Waals surface area contributed by atoms with E-state index in [2.05, 4.69) is 5.32 Å². The van der Waals surface area contributed by atoms with E-state index >= 15 is 0 Å². The number of nitrogens with zero attached hydrogens (tertiary/aromatic N) is 1. The summed E-state index contributed by atoms with van der Waals surface area (Å²) in [5.74, 6) is -0.644. The third-order valence-corrected chi connectivity index (χ3v) is 4.48. The molecule has 0 unspecified atom stereocenters. The van der Waals surface area contributed by atoms with Crippen LogP contribution in [-0.4, -0.2) is 60.6 Å². The summed E-state index contributed by atoms with van der Waals surface area (Å²) < 4.78 is 10.5. The van der Waals surface area contributed by atoms with Gasteiger partial charge in [-0.05, 0) is 26.7 Å². The quantitative estimate of drug-likeness (QED) is 0.744. The Bertz CT molecular complexity index is 495. The highest BCUT2D eigenvalue weighted by Crippen LogP contribution is 2.17. The molecule has 150 valence electrons. The molecular weight excluding hydrogens is 336 g/mol. The lowest BCUT2D eigenvalue weighted by Crippen LogP contribution is -2.48. The van der Waals surface area contributed by atoms with Crippen molar-refractivity contribution in [1.82, 2.24) is 10.2 Å². The van der Waals surface area contributed by atoms with Crippen molar-refractivity contribution in [3.05, 3.63) is 0 Å². The molecule has 1 fully saturated rings. The van der Waals surface area contributed by atoms with Gasteiger partial charge in [-0.1, -0.05) is 27.2 Å². The van der Waals surface area contributed by atoms with Crippen molar-refractivity contribution in [3.8, 4) is 0 Å². The highest BCUT2D eigenvalue weighted by molar-refractivity contribution is 5.91. The molecule has 7 nitrogen and oxygen atoms in total. The van der Waals surface area contributed by atoms with Crippen LogP contribution in [0.3, 0.4) is 0 Å². The highest BCUT2D eigenvalue weighted by Gasteiger charge is 2.31. The summed E-state index contributed by atoms with van der Waals surface area (Å²) in [5, 5.41) is 2.69. The van der Waals surface area contributed by atoms with Crippen molar-refractivity contribution in [1.29, 1.82) is 0 Å². The fourth-order valence-corrected chi connectivity index (χ4v) is 2.82. The van der Waals surface area contributed by atoms with Crippen LogP contribution in [0.2, 0.25) is 0 Å². The van der Waals surface area contributed by atoms with Crippen molar-refractivity contribution in [2.45, 2.75) is 66.0 Å². The lowest BCUT2D eigenvalue weighted by atomic mass is 9.90. The van der Waals surface area contributed by atoms with E-state index in [1.165, 1.54) is 0 Å². The van der Waals surface area contributed by atoms with E-state index in [-0.39, 0.29) is 24.0 Å². The van der Waals surface area contributed by atoms with Gasteiger partial charge in [0.15, 0.2) is 5.78 Å². The van der Waals surface area contributed by atoms with Crippen LogP contribution in [0.5, 0.6) is 0 Å². The maximum atomic E-state index is 12.8. The van der Waals surface area contributed by atoms with E-state index in [1.807, 2.05) is 13.8 Å². The Hall–Kier alpha value is -1.63. The number of Topliss-reactive ketones (excluding diaryl/α,β-unsaturated/α-hetero) is 1. The molecule has 0 aliphatic carbocycles. The van der Waals surface area contributed by atoms with Gasteiger partial charge in [0, 0.05) is 25.4 Å². The number of alkyl carbamates (subject to hydrolysis) is 1. The van der Waals surface area contributed by atoms with E-state index in [0.29, 0.717) is 26.3 Å². The molecule has 1 aliphatic rings. The lowest BCUT2D eigenvalue weighted by Gasteiger charge is -2.30. The van der Waals surface area contributed by atoms with Gasteiger partial charge in [-0.15, -0.1) is 0 Å². The Balaban J connectivity index is 2.69. The Labute approximate surface area is 156 Å². The Morgan fingerprint density at radius 3 is 2.23 bits per heavy atom. The minimum Gasteiger partial charge on any atom is -0.444 e. The Morgan fingerprint density at radius 1 is 1.15 bits per heavy atom. The highest BCUT2D eigenvalue weighted by atomic mass is 16.6. The molecule has 3 atom stereocenters. The van der Waals surface area contributed by atoms with Gasteiger partial charge in [0.2, 0.25) is 5.91 Å². The van der Waals surface area contributed by atoms with Crippen LogP contribution in [0, 0.1) is 11.8 Å². The zero-order chi connectivity index (χ0) is 19.9. The van der Waals surface area contributed by atoms with Gasteiger partial charge in [0.25, 0.3) is 0 Å². The molecule has 1 N–H and O–H groups in total. The minimum atomic E-state index is -0.658. The normalized spacial score (nSPS) is 18.6. The third-order valence-electron chi connectivity index (χ3n) is 4.48. The Morgan fingerprint density at radius 2 is 1.73 bits per heavy atom. The van der Waals surface area contributed by atoms with E-state index in [0.717, 1.165) is 6.42 Å². The van der Waals surface area contributed by atoms with Crippen molar-refractivity contribution in [3.63, 3.8) is 0 Å². The zero-order valence-corrected chi connectivity index (χ0v) is 17.0. The largest absolute Gasteiger partial charge is 0.444 e. The summed E-state index contributed by atoms with van der Waals surface area (Å²) in [6.07, 6.45) is 0.224. The van der Waals surface area contributed by atoms with E-state index < -0.39 is 23.7 Å². The topological polar surface area (TPSA) is 84.9 Å². The molecule has 1 rings (SSSR count). The van der Waals surface area contributed by atoms with Crippen molar-refractivity contribution >= 4 is 17.8 Å². The average Bonchev–Trinajstić information content (AvgIpc) is 2.57. The molecule has 7 heteroatoms. The summed E-state index contributed by atoms with van der Waals surface area (Å²) in [4.78, 5) is 39.1. The number of carbonyl (C=O) groups excluding carboxylic acids is 3. The smallest absolute Gasteiger partial charge is 0.408 e. The molecule has 1 saturated heterocycles. The number of amides is 2. The lowest BCUT2D eigenvalue weighted by molar-refractivity contribution is -0.141. The summed E-state index contributed by atoms with van der Waals surface area (Å²) >= 11 is 0. The van der Waals surface area contributed by atoms with Gasteiger partial charge >= 0.3 is 6.09 Å². The van der Waals surface area contributed by atoms with E-state index in [1.54, 1.807) is 32.6 Å². The Kier molecular flexibility index (Phi) is 8.53. The predicted molar refractivity (Wildman–Crippen MR) is 98.8 cm³/mol. The van der Waals surface area contributed by atoms with Crippen LogP contribution >= 0.6 is 0 Å². The number of hydrogen-bond donors (Lipinski definition) is 1. The van der Waals surface area contributed by atoms with Crippen LogP contribution < -0.4 is 5.32 Å². The van der Waals surface area contributed by atoms with Crippen LogP contribution in [0.15, 0.2) is 0 Å². The molecule has 0 spiro atoms. The molecule has 1 heterocycles. The minimum absolute atomic E-state index is 0.0400. The monoisotopic (exact) mass is 370 g/mol. The van der Waals surface area contributed by atoms with Crippen LogP contribution in [0.1, 0.15) is 54.4 Å². The predicted octanol–water partition coefficient (Wildman–Crippen LogP) is 2.38. The molecule has 0 aromatic carbocycles. The number of morpholine rings is 1. The van der Waals surface area contributed by atoms with Gasteiger partial charge in [-0.3, -0.25) is 9.59 Å². The molecule has 1 aliphatic heterocycles. The molecule has 0 bridgehead atoms. The number of rotatable bonds is 7. The van der Waals surface area contributed by atoms with Crippen LogP contribution in [0.25, 0.3) is 0 Å². The van der Waals surface area contributed by atoms with Crippen LogP contribution in [0.4, 0.5) is 4.79 Å². The second-order valence-electron chi connectivity index (χ2n) is 8.02. The summed E-state index contributed by atoms with van der Waals surface area (Å²) in [7, 11) is 0. The summed E-state index contributed by atoms with van der Waals surface area (Å²) in [6, 6.07) is -0.658. The van der Waals surface area contributed by atoms with Crippen molar-refractivity contribution in [2.75, 3.05) is 26.3 Å². The molecule has 0 saturated carbocycles. The molecular formula is C19H34N2O5. The van der Waals surface area contributed by atoms with Crippen molar-refractivity contribution < 1.29 is 23.9 Å². The fraction of sp³-hybridized carbons (Fsp3) is 0.842. The number of nitrogens with one attached hydrogen (secondary N) is 1.